The van der Waals surface area contributed by atoms with E-state index in [2.05, 4.69) is 10.0 Å². The van der Waals surface area contributed by atoms with E-state index in [1.54, 1.807) is 31.2 Å². The third-order valence-corrected chi connectivity index (χ3v) is 5.75. The van der Waals surface area contributed by atoms with E-state index in [4.69, 9.17) is 16.3 Å². The van der Waals surface area contributed by atoms with E-state index in [9.17, 15) is 17.6 Å². The fourth-order valence-corrected chi connectivity index (χ4v) is 3.72. The van der Waals surface area contributed by atoms with Gasteiger partial charge in [-0.25, -0.2) is 12.8 Å². The predicted octanol–water partition coefficient (Wildman–Crippen LogP) is 4.69. The molecule has 1 amide bonds. The minimum Gasteiger partial charge on any atom is -0.479 e. The van der Waals surface area contributed by atoms with Crippen LogP contribution in [0.4, 0.5) is 15.8 Å². The average molecular weight is 449 g/mol. The number of ether oxygens (including phenoxy) is 1. The van der Waals surface area contributed by atoms with Gasteiger partial charge in [0, 0.05) is 11.4 Å². The maximum atomic E-state index is 13.0. The van der Waals surface area contributed by atoms with Gasteiger partial charge in [0.05, 0.1) is 9.92 Å². The molecular weight excluding hydrogens is 431 g/mol. The Morgan fingerprint density at radius 1 is 0.967 bits per heavy atom. The van der Waals surface area contributed by atoms with E-state index in [-0.39, 0.29) is 10.6 Å². The van der Waals surface area contributed by atoms with Crippen LogP contribution in [0.1, 0.15) is 6.92 Å². The van der Waals surface area contributed by atoms with Crippen LogP contribution in [-0.4, -0.2) is 20.4 Å². The van der Waals surface area contributed by atoms with Gasteiger partial charge >= 0.3 is 0 Å². The summed E-state index contributed by atoms with van der Waals surface area (Å²) in [7, 11) is -3.86. The number of anilines is 2. The lowest BCUT2D eigenvalue weighted by Crippen LogP contribution is -2.30. The van der Waals surface area contributed by atoms with Crippen LogP contribution in [0.5, 0.6) is 5.75 Å². The van der Waals surface area contributed by atoms with Gasteiger partial charge in [-0.3, -0.25) is 9.52 Å². The van der Waals surface area contributed by atoms with Gasteiger partial charge in [0.1, 0.15) is 11.6 Å². The number of hydrogen-bond donors (Lipinski definition) is 2. The molecule has 156 valence electrons. The number of rotatable bonds is 7. The van der Waals surface area contributed by atoms with E-state index >= 15 is 0 Å². The molecule has 3 aromatic rings. The first-order valence-electron chi connectivity index (χ1n) is 8.85. The number of para-hydroxylation sites is 1. The summed E-state index contributed by atoms with van der Waals surface area (Å²) in [6.07, 6.45) is -0.826. The van der Waals surface area contributed by atoms with Crippen molar-refractivity contribution < 1.29 is 22.3 Å². The molecule has 0 fully saturated rings. The summed E-state index contributed by atoms with van der Waals surface area (Å²) >= 11 is 6.02. The molecule has 1 atom stereocenters. The van der Waals surface area contributed by atoms with Gasteiger partial charge in [0.2, 0.25) is 0 Å². The summed E-state index contributed by atoms with van der Waals surface area (Å²) in [5.74, 6) is -0.504. The Labute approximate surface area is 178 Å². The number of nitrogens with one attached hydrogen (secondary N) is 2. The van der Waals surface area contributed by atoms with Crippen LogP contribution < -0.4 is 14.8 Å². The van der Waals surface area contributed by atoms with Gasteiger partial charge in [-0.05, 0) is 67.6 Å². The monoisotopic (exact) mass is 448 g/mol. The molecule has 0 aliphatic heterocycles. The van der Waals surface area contributed by atoms with Crippen LogP contribution in [0.3, 0.4) is 0 Å². The maximum Gasteiger partial charge on any atom is 0.265 e. The minimum atomic E-state index is -3.86. The lowest BCUT2D eigenvalue weighted by Gasteiger charge is -2.16. The Morgan fingerprint density at radius 3 is 2.20 bits per heavy atom. The summed E-state index contributed by atoms with van der Waals surface area (Å²) < 4.78 is 45.8. The maximum absolute atomic E-state index is 13.0. The summed E-state index contributed by atoms with van der Waals surface area (Å²) in [4.78, 5) is 12.3. The average Bonchev–Trinajstić information content (AvgIpc) is 2.71. The standard InChI is InChI=1S/C21H18ClFN2O4S/c1-14(29-20-5-3-2-4-19(20)22)21(26)24-16-10-12-18(13-11-16)30(27,28)25-17-8-6-15(23)7-9-17/h2-14,25H,1H3,(H,24,26). The second-order valence-corrected chi connectivity index (χ2v) is 8.41. The molecule has 0 spiro atoms. The van der Waals surface area contributed by atoms with Gasteiger partial charge in [-0.15, -0.1) is 0 Å². The zero-order valence-electron chi connectivity index (χ0n) is 15.8. The fraction of sp³-hybridized carbons (Fsp3) is 0.0952. The highest BCUT2D eigenvalue weighted by molar-refractivity contribution is 7.92. The van der Waals surface area contributed by atoms with Crippen LogP contribution in [-0.2, 0) is 14.8 Å². The number of amides is 1. The normalized spacial score (nSPS) is 12.1. The number of carbonyl (C=O) groups is 1. The molecule has 1 unspecified atom stereocenters. The van der Waals surface area contributed by atoms with Crippen LogP contribution >= 0.6 is 11.6 Å². The van der Waals surface area contributed by atoms with E-state index in [0.29, 0.717) is 16.5 Å². The van der Waals surface area contributed by atoms with Crippen LogP contribution in [0.15, 0.2) is 77.7 Å². The lowest BCUT2D eigenvalue weighted by atomic mass is 10.3. The Morgan fingerprint density at radius 2 is 1.57 bits per heavy atom. The Hall–Kier alpha value is -3.10. The van der Waals surface area contributed by atoms with E-state index in [1.807, 2.05) is 0 Å². The molecule has 0 aliphatic carbocycles. The topological polar surface area (TPSA) is 84.5 Å². The molecule has 2 N–H and O–H groups in total. The summed E-state index contributed by atoms with van der Waals surface area (Å²) in [6, 6.07) is 17.4. The van der Waals surface area contributed by atoms with Gasteiger partial charge < -0.3 is 10.1 Å². The number of hydrogen-bond acceptors (Lipinski definition) is 4. The molecule has 9 heteroatoms. The van der Waals surface area contributed by atoms with E-state index in [0.717, 1.165) is 12.1 Å². The van der Waals surface area contributed by atoms with Gasteiger partial charge in [0.15, 0.2) is 6.10 Å². The summed E-state index contributed by atoms with van der Waals surface area (Å²) in [5, 5.41) is 3.04. The van der Waals surface area contributed by atoms with Crippen LogP contribution in [0.2, 0.25) is 5.02 Å². The lowest BCUT2D eigenvalue weighted by molar-refractivity contribution is -0.122. The SMILES string of the molecule is CC(Oc1ccccc1Cl)C(=O)Nc1ccc(S(=O)(=O)Nc2ccc(F)cc2)cc1. The van der Waals surface area contributed by atoms with Crippen molar-refractivity contribution in [2.75, 3.05) is 10.0 Å². The molecule has 3 rings (SSSR count). The summed E-state index contributed by atoms with van der Waals surface area (Å²) in [6.45, 7) is 1.57. The molecule has 0 saturated carbocycles. The Balaban J connectivity index is 1.64. The highest BCUT2D eigenvalue weighted by Gasteiger charge is 2.18. The van der Waals surface area contributed by atoms with Gasteiger partial charge in [-0.1, -0.05) is 23.7 Å². The van der Waals surface area contributed by atoms with Gasteiger partial charge in [-0.2, -0.15) is 0 Å². The first kappa shape index (κ1) is 21.6. The fourth-order valence-electron chi connectivity index (χ4n) is 2.48. The molecule has 0 bridgehead atoms. The summed E-state index contributed by atoms with van der Waals surface area (Å²) in [5.41, 5.74) is 0.634. The first-order valence-corrected chi connectivity index (χ1v) is 10.7. The quantitative estimate of drug-likeness (QED) is 0.549. The number of carbonyl (C=O) groups excluding carboxylic acids is 1. The molecular formula is C21H18ClFN2O4S. The van der Waals surface area contributed by atoms with Crippen LogP contribution in [0, 0.1) is 5.82 Å². The van der Waals surface area contributed by atoms with Crippen LogP contribution in [0.25, 0.3) is 0 Å². The highest BCUT2D eigenvalue weighted by Crippen LogP contribution is 2.24. The molecule has 0 aliphatic rings. The van der Waals surface area contributed by atoms with Crippen molar-refractivity contribution in [2.24, 2.45) is 0 Å². The molecule has 30 heavy (non-hydrogen) atoms. The molecule has 6 nitrogen and oxygen atoms in total. The third kappa shape index (κ3) is 5.49. The van der Waals surface area contributed by atoms with Crippen molar-refractivity contribution in [3.05, 3.63) is 83.6 Å². The molecule has 0 heterocycles. The van der Waals surface area contributed by atoms with Crippen molar-refractivity contribution in [1.29, 1.82) is 0 Å². The second kappa shape index (κ2) is 9.15. The number of benzene rings is 3. The second-order valence-electron chi connectivity index (χ2n) is 6.32. The van der Waals surface area contributed by atoms with Crippen molar-refractivity contribution in [3.8, 4) is 5.75 Å². The van der Waals surface area contributed by atoms with Crippen molar-refractivity contribution >= 4 is 38.9 Å². The number of halogens is 2. The Bertz CT molecular complexity index is 1140. The van der Waals surface area contributed by atoms with Crippen molar-refractivity contribution in [1.82, 2.24) is 0 Å². The zero-order chi connectivity index (χ0) is 21.7. The Kier molecular flexibility index (Phi) is 6.59. The smallest absolute Gasteiger partial charge is 0.265 e. The van der Waals surface area contributed by atoms with E-state index in [1.165, 1.54) is 36.4 Å². The first-order chi connectivity index (χ1) is 14.2. The van der Waals surface area contributed by atoms with Gasteiger partial charge in [0.25, 0.3) is 15.9 Å². The minimum absolute atomic E-state index is 0.00908. The predicted molar refractivity (Wildman–Crippen MR) is 114 cm³/mol. The largest absolute Gasteiger partial charge is 0.479 e. The van der Waals surface area contributed by atoms with E-state index < -0.39 is 27.9 Å². The number of sulfonamides is 1. The van der Waals surface area contributed by atoms with Crippen molar-refractivity contribution in [3.63, 3.8) is 0 Å². The molecule has 3 aromatic carbocycles. The molecule has 0 radical (unpaired) electrons. The highest BCUT2D eigenvalue weighted by atomic mass is 35.5. The molecule has 0 saturated heterocycles. The van der Waals surface area contributed by atoms with Crippen molar-refractivity contribution in [2.45, 2.75) is 17.9 Å². The zero-order valence-corrected chi connectivity index (χ0v) is 17.4. The third-order valence-electron chi connectivity index (χ3n) is 4.04. The molecule has 0 aromatic heterocycles.